The molecule has 2 aromatic rings. The fraction of sp³-hybridized carbons (Fsp3) is 0.364. The van der Waals surface area contributed by atoms with Gasteiger partial charge in [0.25, 0.3) is 5.91 Å². The Morgan fingerprint density at radius 2 is 2.41 bits per heavy atom. The fourth-order valence-corrected chi connectivity index (χ4v) is 1.83. The highest BCUT2D eigenvalue weighted by Crippen LogP contribution is 2.23. The van der Waals surface area contributed by atoms with Crippen molar-refractivity contribution in [2.24, 2.45) is 5.73 Å². The van der Waals surface area contributed by atoms with E-state index in [1.807, 2.05) is 6.92 Å². The van der Waals surface area contributed by atoms with Crippen LogP contribution >= 0.6 is 0 Å². The van der Waals surface area contributed by atoms with Crippen molar-refractivity contribution in [1.82, 2.24) is 14.6 Å². The van der Waals surface area contributed by atoms with Gasteiger partial charge in [-0.25, -0.2) is 9.50 Å². The summed E-state index contributed by atoms with van der Waals surface area (Å²) in [6, 6.07) is 1.72. The van der Waals surface area contributed by atoms with E-state index in [1.54, 1.807) is 18.5 Å². The van der Waals surface area contributed by atoms with Crippen LogP contribution in [0, 0.1) is 0 Å². The molecule has 0 fully saturated rings. The summed E-state index contributed by atoms with van der Waals surface area (Å²) >= 11 is 0. The maximum atomic E-state index is 11.5. The van der Waals surface area contributed by atoms with Gasteiger partial charge in [0.2, 0.25) is 0 Å². The molecule has 1 atom stereocenters. The van der Waals surface area contributed by atoms with Crippen LogP contribution in [0.5, 0.6) is 0 Å². The number of aliphatic hydroxyl groups is 1. The molecule has 0 unspecified atom stereocenters. The highest BCUT2D eigenvalue weighted by molar-refractivity contribution is 6.00. The van der Waals surface area contributed by atoms with Gasteiger partial charge in [0, 0.05) is 18.3 Å². The third-order valence-electron chi connectivity index (χ3n) is 2.77. The maximum absolute atomic E-state index is 11.5. The fourth-order valence-electron chi connectivity index (χ4n) is 1.83. The summed E-state index contributed by atoms with van der Waals surface area (Å²) in [5.74, 6) is -0.764. The van der Waals surface area contributed by atoms with Crippen LogP contribution in [0.3, 0.4) is 0 Å². The molecule has 0 bridgehead atoms. The first-order valence-corrected chi connectivity index (χ1v) is 5.43. The van der Waals surface area contributed by atoms with Gasteiger partial charge in [-0.2, -0.15) is 5.10 Å². The van der Waals surface area contributed by atoms with Crippen molar-refractivity contribution in [3.63, 3.8) is 0 Å². The molecule has 6 heteroatoms. The molecule has 6 nitrogen and oxygen atoms in total. The Morgan fingerprint density at radius 3 is 3.00 bits per heavy atom. The van der Waals surface area contributed by atoms with Crippen LogP contribution in [0.15, 0.2) is 18.5 Å². The molecular weight excluding hydrogens is 220 g/mol. The summed E-state index contributed by atoms with van der Waals surface area (Å²) in [5.41, 5.74) is 6.60. The summed E-state index contributed by atoms with van der Waals surface area (Å²) in [4.78, 5) is 15.6. The lowest BCUT2D eigenvalue weighted by Crippen LogP contribution is -2.16. The minimum absolute atomic E-state index is 0.0688. The summed E-state index contributed by atoms with van der Waals surface area (Å²) in [7, 11) is 0. The second kappa shape index (κ2) is 4.50. The second-order valence-corrected chi connectivity index (χ2v) is 3.80. The molecule has 1 amide bonds. The first kappa shape index (κ1) is 11.5. The molecule has 3 N–H and O–H groups in total. The lowest BCUT2D eigenvalue weighted by atomic mass is 9.99. The Bertz CT molecular complexity index is 545. The highest BCUT2D eigenvalue weighted by Gasteiger charge is 2.23. The monoisotopic (exact) mass is 234 g/mol. The van der Waals surface area contributed by atoms with E-state index in [4.69, 9.17) is 5.73 Å². The van der Waals surface area contributed by atoms with Crippen molar-refractivity contribution >= 4 is 11.6 Å². The molecule has 0 aliphatic rings. The zero-order valence-corrected chi connectivity index (χ0v) is 9.50. The molecule has 17 heavy (non-hydrogen) atoms. The quantitative estimate of drug-likeness (QED) is 0.796. The van der Waals surface area contributed by atoms with Gasteiger partial charge in [-0.3, -0.25) is 4.79 Å². The van der Waals surface area contributed by atoms with Gasteiger partial charge in [-0.1, -0.05) is 6.92 Å². The molecule has 2 aromatic heterocycles. The number of carbonyl (C=O) groups is 1. The van der Waals surface area contributed by atoms with Crippen molar-refractivity contribution in [2.45, 2.75) is 19.3 Å². The van der Waals surface area contributed by atoms with Crippen molar-refractivity contribution < 1.29 is 9.90 Å². The van der Waals surface area contributed by atoms with E-state index >= 15 is 0 Å². The van der Waals surface area contributed by atoms with Crippen LogP contribution in [-0.2, 0) is 0 Å². The number of rotatable bonds is 4. The first-order chi connectivity index (χ1) is 8.19. The maximum Gasteiger partial charge on any atom is 0.254 e. The van der Waals surface area contributed by atoms with E-state index in [2.05, 4.69) is 10.1 Å². The van der Waals surface area contributed by atoms with Crippen molar-refractivity contribution in [3.8, 4) is 0 Å². The molecular formula is C11H14N4O2. The molecule has 0 aliphatic carbocycles. The number of aromatic nitrogens is 3. The van der Waals surface area contributed by atoms with Crippen molar-refractivity contribution in [1.29, 1.82) is 0 Å². The summed E-state index contributed by atoms with van der Waals surface area (Å²) < 4.78 is 1.51. The third-order valence-corrected chi connectivity index (χ3v) is 2.77. The molecule has 0 radical (unpaired) electrons. The van der Waals surface area contributed by atoms with Crippen LogP contribution in [0.1, 0.15) is 35.3 Å². The van der Waals surface area contributed by atoms with E-state index in [9.17, 15) is 9.90 Å². The van der Waals surface area contributed by atoms with Crippen LogP contribution < -0.4 is 5.73 Å². The molecule has 0 aliphatic heterocycles. The number of aliphatic hydroxyl groups excluding tert-OH is 1. The highest BCUT2D eigenvalue weighted by atomic mass is 16.3. The summed E-state index contributed by atoms with van der Waals surface area (Å²) in [6.07, 6.45) is 3.95. The standard InChI is InChI=1S/C11H14N4O2/c1-2-7(6-16)9-8(10(12)17)11-13-4-3-5-15(11)14-9/h3-5,7,16H,2,6H2,1H3,(H2,12,17)/t7-/m1/s1. The predicted octanol–water partition coefficient (Wildman–Crippen LogP) is 0.314. The number of hydrogen-bond acceptors (Lipinski definition) is 4. The van der Waals surface area contributed by atoms with E-state index in [0.29, 0.717) is 23.3 Å². The van der Waals surface area contributed by atoms with Gasteiger partial charge in [-0.15, -0.1) is 0 Å². The molecule has 0 saturated heterocycles. The minimum Gasteiger partial charge on any atom is -0.396 e. The Balaban J connectivity index is 2.69. The SMILES string of the molecule is CC[C@H](CO)c1nn2cccnc2c1C(N)=O. The van der Waals surface area contributed by atoms with Crippen molar-refractivity contribution in [2.75, 3.05) is 6.61 Å². The normalized spacial score (nSPS) is 12.8. The number of nitrogens with two attached hydrogens (primary N) is 1. The Hall–Kier alpha value is -1.95. The van der Waals surface area contributed by atoms with Gasteiger partial charge in [0.05, 0.1) is 12.3 Å². The molecule has 0 aromatic carbocycles. The Kier molecular flexibility index (Phi) is 3.06. The van der Waals surface area contributed by atoms with E-state index in [0.717, 1.165) is 0 Å². The zero-order chi connectivity index (χ0) is 12.4. The van der Waals surface area contributed by atoms with E-state index in [-0.39, 0.29) is 12.5 Å². The second-order valence-electron chi connectivity index (χ2n) is 3.80. The molecule has 90 valence electrons. The number of carbonyl (C=O) groups excluding carboxylic acids is 1. The van der Waals surface area contributed by atoms with E-state index < -0.39 is 5.91 Å². The average Bonchev–Trinajstić information content (AvgIpc) is 2.69. The van der Waals surface area contributed by atoms with Crippen LogP contribution in [0.25, 0.3) is 5.65 Å². The van der Waals surface area contributed by atoms with Crippen LogP contribution in [-0.4, -0.2) is 32.2 Å². The van der Waals surface area contributed by atoms with E-state index in [1.165, 1.54) is 4.52 Å². The van der Waals surface area contributed by atoms with Gasteiger partial charge < -0.3 is 10.8 Å². The van der Waals surface area contributed by atoms with Crippen molar-refractivity contribution in [3.05, 3.63) is 29.7 Å². The van der Waals surface area contributed by atoms with Crippen LogP contribution in [0.2, 0.25) is 0 Å². The van der Waals surface area contributed by atoms with Gasteiger partial charge in [-0.05, 0) is 12.5 Å². The lowest BCUT2D eigenvalue weighted by Gasteiger charge is -2.08. The third kappa shape index (κ3) is 1.87. The number of primary amides is 1. The predicted molar refractivity (Wildman–Crippen MR) is 61.6 cm³/mol. The molecule has 2 rings (SSSR count). The first-order valence-electron chi connectivity index (χ1n) is 5.43. The topological polar surface area (TPSA) is 93.5 Å². The van der Waals surface area contributed by atoms with Crippen LogP contribution in [0.4, 0.5) is 0 Å². The Labute approximate surface area is 98.1 Å². The van der Waals surface area contributed by atoms with Gasteiger partial charge >= 0.3 is 0 Å². The Morgan fingerprint density at radius 1 is 1.65 bits per heavy atom. The largest absolute Gasteiger partial charge is 0.396 e. The number of nitrogens with zero attached hydrogens (tertiary/aromatic N) is 3. The molecule has 0 saturated carbocycles. The summed E-state index contributed by atoms with van der Waals surface area (Å²) in [6.45, 7) is 1.85. The summed E-state index contributed by atoms with van der Waals surface area (Å²) in [5, 5.41) is 13.6. The van der Waals surface area contributed by atoms with Gasteiger partial charge in [0.15, 0.2) is 5.65 Å². The molecule has 2 heterocycles. The number of amides is 1. The number of fused-ring (bicyclic) bond motifs is 1. The zero-order valence-electron chi connectivity index (χ0n) is 9.50. The average molecular weight is 234 g/mol. The number of hydrogen-bond donors (Lipinski definition) is 2. The minimum atomic E-state index is -0.569. The smallest absolute Gasteiger partial charge is 0.254 e. The van der Waals surface area contributed by atoms with Gasteiger partial charge in [0.1, 0.15) is 5.56 Å². The molecule has 0 spiro atoms. The lowest BCUT2D eigenvalue weighted by molar-refractivity contribution is 0.1000.